The van der Waals surface area contributed by atoms with Gasteiger partial charge in [-0.25, -0.2) is 0 Å². The van der Waals surface area contributed by atoms with E-state index >= 15 is 0 Å². The number of hydrogen-bond donors (Lipinski definition) is 1. The van der Waals surface area contributed by atoms with Crippen molar-refractivity contribution in [2.45, 2.75) is 49.5 Å². The monoisotopic (exact) mass is 323 g/mol. The van der Waals surface area contributed by atoms with Crippen molar-refractivity contribution < 1.29 is 9.90 Å². The highest BCUT2D eigenvalue weighted by molar-refractivity contribution is 9.09. The summed E-state index contributed by atoms with van der Waals surface area (Å²) in [5, 5.41) is 9.56. The molecule has 0 aliphatic carbocycles. The number of phenolic OH excluding ortho intramolecular Hbond substituents is 1. The number of piperidine rings is 1. The van der Waals surface area contributed by atoms with Gasteiger partial charge in [-0.3, -0.25) is 4.79 Å². The third-order valence-corrected chi connectivity index (χ3v) is 5.10. The number of nitrogens with zero attached hydrogens (tertiary/aromatic N) is 1. The summed E-state index contributed by atoms with van der Waals surface area (Å²) < 4.78 is 0. The number of aryl methyl sites for hydroxylation is 1. The van der Waals surface area contributed by atoms with Crippen molar-refractivity contribution in [2.24, 2.45) is 0 Å². The molecule has 1 aromatic rings. The molecule has 2 fully saturated rings. The number of rotatable bonds is 1. The third-order valence-electron chi connectivity index (χ3n) is 4.35. The number of carbonyl (C=O) groups is 1. The Kier molecular flexibility index (Phi) is 3.29. The minimum Gasteiger partial charge on any atom is -0.508 e. The molecule has 0 radical (unpaired) electrons. The molecule has 1 N–H and O–H groups in total. The lowest BCUT2D eigenvalue weighted by molar-refractivity contribution is 0.0603. The number of fused-ring (bicyclic) bond motifs is 2. The zero-order valence-electron chi connectivity index (χ0n) is 11.0. The fraction of sp³-hybridized carbons (Fsp3) is 0.533. The van der Waals surface area contributed by atoms with E-state index in [0.29, 0.717) is 22.5 Å². The Morgan fingerprint density at radius 3 is 2.53 bits per heavy atom. The van der Waals surface area contributed by atoms with E-state index in [1.54, 1.807) is 18.2 Å². The summed E-state index contributed by atoms with van der Waals surface area (Å²) in [4.78, 5) is 15.3. The molecule has 2 aliphatic rings. The summed E-state index contributed by atoms with van der Waals surface area (Å²) in [6.45, 7) is 1.82. The van der Waals surface area contributed by atoms with E-state index in [2.05, 4.69) is 20.8 Å². The zero-order chi connectivity index (χ0) is 13.6. The lowest BCUT2D eigenvalue weighted by Gasteiger charge is -2.37. The van der Waals surface area contributed by atoms with Crippen molar-refractivity contribution >= 4 is 21.8 Å². The molecule has 0 aromatic heterocycles. The quantitative estimate of drug-likeness (QED) is 0.806. The van der Waals surface area contributed by atoms with Gasteiger partial charge in [-0.1, -0.05) is 15.9 Å². The standard InChI is InChI=1S/C15H18BrNO2/c1-9-6-10(2-5-14(9)18)15(19)17-12-3-4-13(17)8-11(16)7-12/h2,5-6,11-13,18H,3-4,7-8H2,1H3. The van der Waals surface area contributed by atoms with Crippen molar-refractivity contribution in [3.8, 4) is 5.75 Å². The second-order valence-corrected chi connectivity index (χ2v) is 6.96. The van der Waals surface area contributed by atoms with E-state index in [0.717, 1.165) is 31.2 Å². The molecule has 0 saturated carbocycles. The molecule has 2 bridgehead atoms. The summed E-state index contributed by atoms with van der Waals surface area (Å²) >= 11 is 3.69. The number of benzene rings is 1. The molecular weight excluding hydrogens is 306 g/mol. The maximum absolute atomic E-state index is 12.7. The molecular formula is C15H18BrNO2. The minimum atomic E-state index is 0.120. The van der Waals surface area contributed by atoms with Crippen LogP contribution in [0.15, 0.2) is 18.2 Å². The minimum absolute atomic E-state index is 0.120. The first-order valence-corrected chi connectivity index (χ1v) is 7.74. The fourth-order valence-corrected chi connectivity index (χ4v) is 4.24. The van der Waals surface area contributed by atoms with E-state index in [4.69, 9.17) is 0 Å². The van der Waals surface area contributed by atoms with E-state index in [1.165, 1.54) is 0 Å². The summed E-state index contributed by atoms with van der Waals surface area (Å²) in [6, 6.07) is 5.89. The van der Waals surface area contributed by atoms with Crippen LogP contribution in [0.2, 0.25) is 0 Å². The molecule has 3 rings (SSSR count). The number of alkyl halides is 1. The Morgan fingerprint density at radius 2 is 1.95 bits per heavy atom. The number of phenols is 1. The van der Waals surface area contributed by atoms with Gasteiger partial charge in [0.15, 0.2) is 0 Å². The molecule has 1 amide bonds. The topological polar surface area (TPSA) is 40.5 Å². The average Bonchev–Trinajstić information content (AvgIpc) is 2.64. The van der Waals surface area contributed by atoms with Gasteiger partial charge in [-0.15, -0.1) is 0 Å². The Labute approximate surface area is 121 Å². The zero-order valence-corrected chi connectivity index (χ0v) is 12.6. The van der Waals surface area contributed by atoms with Crippen molar-refractivity contribution in [1.82, 2.24) is 4.90 Å². The van der Waals surface area contributed by atoms with Gasteiger partial charge >= 0.3 is 0 Å². The van der Waals surface area contributed by atoms with Crippen molar-refractivity contribution in [3.05, 3.63) is 29.3 Å². The number of halogens is 1. The largest absolute Gasteiger partial charge is 0.508 e. The lowest BCUT2D eigenvalue weighted by atomic mass is 10.0. The van der Waals surface area contributed by atoms with Crippen LogP contribution in [0.5, 0.6) is 5.75 Å². The van der Waals surface area contributed by atoms with Crippen LogP contribution in [0.4, 0.5) is 0 Å². The van der Waals surface area contributed by atoms with Gasteiger partial charge in [0, 0.05) is 22.5 Å². The Hall–Kier alpha value is -1.03. The van der Waals surface area contributed by atoms with Crippen LogP contribution in [-0.4, -0.2) is 32.8 Å². The van der Waals surface area contributed by atoms with Gasteiger partial charge in [0.05, 0.1) is 0 Å². The van der Waals surface area contributed by atoms with Crippen molar-refractivity contribution in [3.63, 3.8) is 0 Å². The predicted octanol–water partition coefficient (Wildman–Crippen LogP) is 3.23. The van der Waals surface area contributed by atoms with Crippen LogP contribution in [0, 0.1) is 6.92 Å². The summed E-state index contributed by atoms with van der Waals surface area (Å²) in [5.74, 6) is 0.369. The lowest BCUT2D eigenvalue weighted by Crippen LogP contribution is -2.46. The van der Waals surface area contributed by atoms with Gasteiger partial charge in [-0.2, -0.15) is 0 Å². The second-order valence-electron chi connectivity index (χ2n) is 5.67. The molecule has 2 heterocycles. The number of amides is 1. The summed E-state index contributed by atoms with van der Waals surface area (Å²) in [7, 11) is 0. The van der Waals surface area contributed by atoms with Crippen LogP contribution in [0.3, 0.4) is 0 Å². The van der Waals surface area contributed by atoms with E-state index in [9.17, 15) is 9.90 Å². The molecule has 19 heavy (non-hydrogen) atoms. The van der Waals surface area contributed by atoms with Gasteiger partial charge in [0.25, 0.3) is 5.91 Å². The van der Waals surface area contributed by atoms with Crippen LogP contribution in [0.25, 0.3) is 0 Å². The van der Waals surface area contributed by atoms with Crippen LogP contribution >= 0.6 is 15.9 Å². The van der Waals surface area contributed by atoms with Crippen molar-refractivity contribution in [2.75, 3.05) is 0 Å². The smallest absolute Gasteiger partial charge is 0.254 e. The number of hydrogen-bond acceptors (Lipinski definition) is 2. The van der Waals surface area contributed by atoms with Crippen LogP contribution < -0.4 is 0 Å². The third kappa shape index (κ3) is 2.27. The summed E-state index contributed by atoms with van der Waals surface area (Å²) in [5.41, 5.74) is 1.45. The van der Waals surface area contributed by atoms with E-state index in [-0.39, 0.29) is 11.7 Å². The Morgan fingerprint density at radius 1 is 1.32 bits per heavy atom. The first kappa shape index (κ1) is 13.0. The van der Waals surface area contributed by atoms with Crippen molar-refractivity contribution in [1.29, 1.82) is 0 Å². The number of aromatic hydroxyl groups is 1. The second kappa shape index (κ2) is 4.82. The Balaban J connectivity index is 1.86. The summed E-state index contributed by atoms with van der Waals surface area (Å²) in [6.07, 6.45) is 4.35. The van der Waals surface area contributed by atoms with E-state index in [1.807, 2.05) is 6.92 Å². The molecule has 102 valence electrons. The van der Waals surface area contributed by atoms with Crippen LogP contribution in [-0.2, 0) is 0 Å². The van der Waals surface area contributed by atoms with Crippen LogP contribution in [0.1, 0.15) is 41.6 Å². The first-order valence-electron chi connectivity index (χ1n) is 6.82. The molecule has 1 aromatic carbocycles. The predicted molar refractivity (Wildman–Crippen MR) is 77.8 cm³/mol. The van der Waals surface area contributed by atoms with E-state index < -0.39 is 0 Å². The first-order chi connectivity index (χ1) is 9.06. The normalized spacial score (nSPS) is 29.6. The maximum atomic E-state index is 12.7. The Bertz CT molecular complexity index is 503. The van der Waals surface area contributed by atoms with Gasteiger partial charge in [-0.05, 0) is 56.4 Å². The average molecular weight is 324 g/mol. The fourth-order valence-electron chi connectivity index (χ4n) is 3.38. The SMILES string of the molecule is Cc1cc(C(=O)N2C3CCC2CC(Br)C3)ccc1O. The molecule has 3 nitrogen and oxygen atoms in total. The highest BCUT2D eigenvalue weighted by atomic mass is 79.9. The molecule has 0 spiro atoms. The molecule has 4 heteroatoms. The molecule has 2 aliphatic heterocycles. The van der Waals surface area contributed by atoms with Gasteiger partial charge in [0.1, 0.15) is 5.75 Å². The maximum Gasteiger partial charge on any atom is 0.254 e. The highest BCUT2D eigenvalue weighted by Gasteiger charge is 2.42. The molecule has 2 atom stereocenters. The number of carbonyl (C=O) groups excluding carboxylic acids is 1. The highest BCUT2D eigenvalue weighted by Crippen LogP contribution is 2.39. The molecule has 2 saturated heterocycles. The van der Waals surface area contributed by atoms with Gasteiger partial charge < -0.3 is 10.0 Å². The van der Waals surface area contributed by atoms with Gasteiger partial charge in [0.2, 0.25) is 0 Å². The molecule has 2 unspecified atom stereocenters.